The Morgan fingerprint density at radius 2 is 1.40 bits per heavy atom. The van der Waals surface area contributed by atoms with Gasteiger partial charge >= 0.3 is 0 Å². The average Bonchev–Trinajstić information content (AvgIpc) is 2.60. The van der Waals surface area contributed by atoms with Gasteiger partial charge in [-0.15, -0.1) is 0 Å². The van der Waals surface area contributed by atoms with Gasteiger partial charge in [-0.25, -0.2) is 0 Å². The predicted octanol–water partition coefficient (Wildman–Crippen LogP) is 6.29. The van der Waals surface area contributed by atoms with Gasteiger partial charge < -0.3 is 0 Å². The molecule has 1 nitrogen and oxygen atoms in total. The Balaban J connectivity index is 1.99. The third-order valence-electron chi connectivity index (χ3n) is 6.36. The third-order valence-corrected chi connectivity index (χ3v) is 6.36. The first kappa shape index (κ1) is 16.1. The second-order valence-electron chi connectivity index (χ2n) is 8.27. The molecule has 2 aromatic carbocycles. The maximum atomic E-state index is 4.58. The first-order chi connectivity index (χ1) is 11.8. The largest absolute Gasteiger partial charge is 0.256 e. The Hall–Kier alpha value is -2.41. The summed E-state index contributed by atoms with van der Waals surface area (Å²) < 4.78 is 0. The van der Waals surface area contributed by atoms with E-state index >= 15 is 0 Å². The number of rotatable bonds is 1. The number of aryl methyl sites for hydroxylation is 1. The zero-order valence-electron chi connectivity index (χ0n) is 15.7. The second-order valence-corrected chi connectivity index (χ2v) is 8.27. The van der Waals surface area contributed by atoms with E-state index in [2.05, 4.69) is 88.1 Å². The molecule has 0 bridgehead atoms. The van der Waals surface area contributed by atoms with Crippen LogP contribution < -0.4 is 0 Å². The number of fused-ring (bicyclic) bond motifs is 3. The van der Waals surface area contributed by atoms with Crippen molar-refractivity contribution in [3.8, 4) is 22.4 Å². The lowest BCUT2D eigenvalue weighted by Gasteiger charge is -2.48. The van der Waals surface area contributed by atoms with Crippen molar-refractivity contribution in [1.29, 1.82) is 0 Å². The lowest BCUT2D eigenvalue weighted by atomic mass is 9.55. The van der Waals surface area contributed by atoms with Gasteiger partial charge in [0.2, 0.25) is 0 Å². The Kier molecular flexibility index (Phi) is 3.40. The van der Waals surface area contributed by atoms with E-state index < -0.39 is 0 Å². The summed E-state index contributed by atoms with van der Waals surface area (Å²) in [6.07, 6.45) is 1.89. The molecule has 0 saturated heterocycles. The quantitative estimate of drug-likeness (QED) is 0.511. The van der Waals surface area contributed by atoms with E-state index in [9.17, 15) is 0 Å². The van der Waals surface area contributed by atoms with E-state index in [4.69, 9.17) is 0 Å². The Bertz CT molecular complexity index is 963. The number of aromatic nitrogens is 1. The van der Waals surface area contributed by atoms with Gasteiger partial charge in [0.15, 0.2) is 0 Å². The predicted molar refractivity (Wildman–Crippen MR) is 106 cm³/mol. The molecule has 1 heterocycles. The van der Waals surface area contributed by atoms with Crippen molar-refractivity contribution in [3.05, 3.63) is 77.5 Å². The van der Waals surface area contributed by atoms with Gasteiger partial charge in [-0.2, -0.15) is 0 Å². The van der Waals surface area contributed by atoms with Crippen molar-refractivity contribution >= 4 is 0 Å². The standard InChI is InChI=1S/C24H25N/c1-16-12-13-25-22(14-16)17-10-11-21-19(15-17)18-8-6-7-9-20(18)23(2,3)24(21,4)5/h6-15H,1-5H3. The summed E-state index contributed by atoms with van der Waals surface area (Å²) in [5.41, 5.74) is 9.18. The first-order valence-corrected chi connectivity index (χ1v) is 9.00. The molecule has 3 aromatic rings. The molecule has 1 aliphatic rings. The molecule has 1 heteroatoms. The van der Waals surface area contributed by atoms with Crippen molar-refractivity contribution in [2.45, 2.75) is 45.4 Å². The second kappa shape index (κ2) is 5.29. The third kappa shape index (κ3) is 2.26. The van der Waals surface area contributed by atoms with Crippen molar-refractivity contribution in [1.82, 2.24) is 4.98 Å². The maximum absolute atomic E-state index is 4.58. The highest BCUT2D eigenvalue weighted by molar-refractivity contribution is 5.81. The van der Waals surface area contributed by atoms with Gasteiger partial charge in [0.05, 0.1) is 5.69 Å². The van der Waals surface area contributed by atoms with E-state index in [-0.39, 0.29) is 10.8 Å². The first-order valence-electron chi connectivity index (χ1n) is 9.00. The summed E-state index contributed by atoms with van der Waals surface area (Å²) in [7, 11) is 0. The van der Waals surface area contributed by atoms with Crippen LogP contribution in [0.1, 0.15) is 44.4 Å². The Morgan fingerprint density at radius 3 is 2.12 bits per heavy atom. The van der Waals surface area contributed by atoms with Gasteiger partial charge in [-0.05, 0) is 63.8 Å². The summed E-state index contributed by atoms with van der Waals surface area (Å²) in [4.78, 5) is 4.58. The minimum absolute atomic E-state index is 0.0647. The van der Waals surface area contributed by atoms with Crippen LogP contribution in [0.15, 0.2) is 60.8 Å². The minimum Gasteiger partial charge on any atom is -0.256 e. The van der Waals surface area contributed by atoms with Gasteiger partial charge in [-0.3, -0.25) is 4.98 Å². The Morgan fingerprint density at radius 1 is 0.720 bits per heavy atom. The van der Waals surface area contributed by atoms with E-state index in [0.717, 1.165) is 5.69 Å². The fourth-order valence-electron chi connectivity index (χ4n) is 4.10. The highest BCUT2D eigenvalue weighted by Gasteiger charge is 2.45. The zero-order valence-corrected chi connectivity index (χ0v) is 15.7. The van der Waals surface area contributed by atoms with Crippen LogP contribution >= 0.6 is 0 Å². The Labute approximate surface area is 150 Å². The van der Waals surface area contributed by atoms with E-state index in [1.165, 1.54) is 33.4 Å². The molecule has 0 saturated carbocycles. The molecule has 0 N–H and O–H groups in total. The number of pyridine rings is 1. The average molecular weight is 327 g/mol. The van der Waals surface area contributed by atoms with Crippen LogP contribution in [0.25, 0.3) is 22.4 Å². The highest BCUT2D eigenvalue weighted by Crippen LogP contribution is 2.54. The summed E-state index contributed by atoms with van der Waals surface area (Å²) in [6, 6.07) is 19.9. The molecule has 1 aliphatic carbocycles. The van der Waals surface area contributed by atoms with Crippen LogP contribution in [0.4, 0.5) is 0 Å². The minimum atomic E-state index is 0.0647. The van der Waals surface area contributed by atoms with Crippen LogP contribution in [0, 0.1) is 6.92 Å². The molecule has 0 radical (unpaired) electrons. The molecular formula is C24H25N. The summed E-state index contributed by atoms with van der Waals surface area (Å²) in [6.45, 7) is 11.6. The van der Waals surface area contributed by atoms with Crippen LogP contribution in [-0.4, -0.2) is 4.98 Å². The highest BCUT2D eigenvalue weighted by atomic mass is 14.7. The number of hydrogen-bond acceptors (Lipinski definition) is 1. The summed E-state index contributed by atoms with van der Waals surface area (Å²) in [5, 5.41) is 0. The molecular weight excluding hydrogens is 302 g/mol. The summed E-state index contributed by atoms with van der Waals surface area (Å²) in [5.74, 6) is 0. The smallest absolute Gasteiger partial charge is 0.0704 e. The molecule has 126 valence electrons. The van der Waals surface area contributed by atoms with Gasteiger partial charge in [0, 0.05) is 11.8 Å². The van der Waals surface area contributed by atoms with Crippen LogP contribution in [0.3, 0.4) is 0 Å². The van der Waals surface area contributed by atoms with Crippen molar-refractivity contribution < 1.29 is 0 Å². The zero-order chi connectivity index (χ0) is 17.8. The van der Waals surface area contributed by atoms with Gasteiger partial charge in [0.1, 0.15) is 0 Å². The molecule has 1 aromatic heterocycles. The van der Waals surface area contributed by atoms with Crippen molar-refractivity contribution in [2.75, 3.05) is 0 Å². The van der Waals surface area contributed by atoms with E-state index in [1.54, 1.807) is 0 Å². The van der Waals surface area contributed by atoms with E-state index in [0.29, 0.717) is 0 Å². The monoisotopic (exact) mass is 327 g/mol. The number of benzene rings is 2. The van der Waals surface area contributed by atoms with Gasteiger partial charge in [-0.1, -0.05) is 64.1 Å². The lowest BCUT2D eigenvalue weighted by molar-refractivity contribution is 0.299. The fraction of sp³-hybridized carbons (Fsp3) is 0.292. The molecule has 0 fully saturated rings. The van der Waals surface area contributed by atoms with Crippen LogP contribution in [0.2, 0.25) is 0 Å². The van der Waals surface area contributed by atoms with E-state index in [1.807, 2.05) is 12.3 Å². The molecule has 25 heavy (non-hydrogen) atoms. The normalized spacial score (nSPS) is 16.8. The number of nitrogens with zero attached hydrogens (tertiary/aromatic N) is 1. The SMILES string of the molecule is Cc1ccnc(-c2ccc3c(c2)-c2ccccc2C(C)(C)C3(C)C)c1. The molecule has 0 aliphatic heterocycles. The van der Waals surface area contributed by atoms with Crippen LogP contribution in [0.5, 0.6) is 0 Å². The van der Waals surface area contributed by atoms with Crippen molar-refractivity contribution in [3.63, 3.8) is 0 Å². The molecule has 0 amide bonds. The molecule has 0 unspecified atom stereocenters. The molecule has 0 atom stereocenters. The lowest BCUT2D eigenvalue weighted by Crippen LogP contribution is -2.43. The molecule has 4 rings (SSSR count). The molecule has 0 spiro atoms. The topological polar surface area (TPSA) is 12.9 Å². The van der Waals surface area contributed by atoms with Crippen molar-refractivity contribution in [2.24, 2.45) is 0 Å². The number of hydrogen-bond donors (Lipinski definition) is 0. The fourth-order valence-corrected chi connectivity index (χ4v) is 4.10. The van der Waals surface area contributed by atoms with Gasteiger partial charge in [0.25, 0.3) is 0 Å². The van der Waals surface area contributed by atoms with Crippen LogP contribution in [-0.2, 0) is 10.8 Å². The summed E-state index contributed by atoms with van der Waals surface area (Å²) >= 11 is 0. The maximum Gasteiger partial charge on any atom is 0.0704 e.